The minimum Gasteiger partial charge on any atom is -0.465 e. The molecule has 39 heavy (non-hydrogen) atoms. The summed E-state index contributed by atoms with van der Waals surface area (Å²) in [5.41, 5.74) is 1.54. The van der Waals surface area contributed by atoms with Crippen molar-refractivity contribution in [3.8, 4) is 11.5 Å². The Balaban J connectivity index is 1.21. The number of fused-ring (bicyclic) bond motifs is 1. The molecule has 3 N–H and O–H groups in total. The number of anilines is 2. The molecule has 10 heteroatoms. The molecule has 1 aliphatic heterocycles. The lowest BCUT2D eigenvalue weighted by molar-refractivity contribution is -0.114. The van der Waals surface area contributed by atoms with Gasteiger partial charge in [0.05, 0.1) is 12.0 Å². The second-order valence-electron chi connectivity index (χ2n) is 8.28. The van der Waals surface area contributed by atoms with E-state index in [0.29, 0.717) is 34.2 Å². The molecule has 196 valence electrons. The molecule has 1 aromatic heterocycles. The zero-order valence-electron chi connectivity index (χ0n) is 20.5. The maximum Gasteiger partial charge on any atom is 0.272 e. The Hall–Kier alpha value is -4.96. The van der Waals surface area contributed by atoms with Crippen LogP contribution in [0.3, 0.4) is 0 Å². The van der Waals surface area contributed by atoms with Gasteiger partial charge in [0.2, 0.25) is 12.7 Å². The van der Waals surface area contributed by atoms with Crippen LogP contribution in [0.15, 0.2) is 106 Å². The summed E-state index contributed by atoms with van der Waals surface area (Å²) in [5, 5.41) is 8.29. The van der Waals surface area contributed by atoms with Crippen LogP contribution >= 0.6 is 11.8 Å². The number of amides is 3. The average Bonchev–Trinajstić information content (AvgIpc) is 3.64. The quantitative estimate of drug-likeness (QED) is 0.198. The normalized spacial score (nSPS) is 12.1. The van der Waals surface area contributed by atoms with Gasteiger partial charge in [-0.1, -0.05) is 24.3 Å². The van der Waals surface area contributed by atoms with E-state index < -0.39 is 11.8 Å². The molecule has 0 bridgehead atoms. The van der Waals surface area contributed by atoms with Gasteiger partial charge in [0.25, 0.3) is 11.8 Å². The van der Waals surface area contributed by atoms with E-state index in [2.05, 4.69) is 16.0 Å². The van der Waals surface area contributed by atoms with Crippen molar-refractivity contribution in [2.75, 3.05) is 23.2 Å². The zero-order valence-corrected chi connectivity index (χ0v) is 21.3. The summed E-state index contributed by atoms with van der Waals surface area (Å²) in [6, 6.07) is 24.2. The number of carbonyl (C=O) groups is 3. The molecular formula is C29H23N3O6S. The van der Waals surface area contributed by atoms with Crippen LogP contribution in [0.2, 0.25) is 0 Å². The second-order valence-corrected chi connectivity index (χ2v) is 9.33. The minimum atomic E-state index is -0.529. The number of carbonyl (C=O) groups excluding carboxylic acids is 3. The number of hydrogen-bond donors (Lipinski definition) is 3. The van der Waals surface area contributed by atoms with Gasteiger partial charge >= 0.3 is 0 Å². The molecule has 3 amide bonds. The molecule has 9 nitrogen and oxygen atoms in total. The van der Waals surface area contributed by atoms with Gasteiger partial charge in [0, 0.05) is 34.0 Å². The van der Waals surface area contributed by atoms with E-state index >= 15 is 0 Å². The summed E-state index contributed by atoms with van der Waals surface area (Å²) in [7, 11) is 0. The first kappa shape index (κ1) is 25.7. The highest BCUT2D eigenvalue weighted by atomic mass is 32.2. The lowest BCUT2D eigenvalue weighted by Crippen LogP contribution is -2.30. The summed E-state index contributed by atoms with van der Waals surface area (Å²) < 4.78 is 16.0. The monoisotopic (exact) mass is 541 g/mol. The summed E-state index contributed by atoms with van der Waals surface area (Å²) in [6.45, 7) is 0.162. The third-order valence-corrected chi connectivity index (χ3v) is 6.47. The van der Waals surface area contributed by atoms with E-state index in [1.165, 1.54) is 24.1 Å². The zero-order chi connectivity index (χ0) is 27.0. The second kappa shape index (κ2) is 12.1. The average molecular weight is 542 g/mol. The summed E-state index contributed by atoms with van der Waals surface area (Å²) >= 11 is 1.32. The molecule has 0 radical (unpaired) electrons. The van der Waals surface area contributed by atoms with Crippen LogP contribution in [0.5, 0.6) is 11.5 Å². The molecule has 0 fully saturated rings. The van der Waals surface area contributed by atoms with Gasteiger partial charge in [0.15, 0.2) is 11.5 Å². The maximum atomic E-state index is 13.1. The van der Waals surface area contributed by atoms with Gasteiger partial charge in [-0.2, -0.15) is 0 Å². The van der Waals surface area contributed by atoms with Crippen LogP contribution in [-0.2, 0) is 9.59 Å². The molecule has 2 heterocycles. The lowest BCUT2D eigenvalue weighted by atomic mass is 10.2. The van der Waals surface area contributed by atoms with Gasteiger partial charge in [-0.25, -0.2) is 0 Å². The van der Waals surface area contributed by atoms with Gasteiger partial charge in [-0.15, -0.1) is 11.8 Å². The molecule has 0 unspecified atom stereocenters. The van der Waals surface area contributed by atoms with E-state index in [0.717, 1.165) is 4.90 Å². The first-order valence-electron chi connectivity index (χ1n) is 11.9. The molecule has 0 spiro atoms. The van der Waals surface area contributed by atoms with Crippen molar-refractivity contribution in [1.29, 1.82) is 0 Å². The molecule has 3 aromatic carbocycles. The first-order valence-corrected chi connectivity index (χ1v) is 12.9. The Morgan fingerprint density at radius 3 is 2.46 bits per heavy atom. The molecule has 4 aromatic rings. The van der Waals surface area contributed by atoms with E-state index in [-0.39, 0.29) is 24.2 Å². The summed E-state index contributed by atoms with van der Waals surface area (Å²) in [5.74, 6) is 0.641. The van der Waals surface area contributed by atoms with Crippen molar-refractivity contribution >= 4 is 46.9 Å². The predicted molar refractivity (Wildman–Crippen MR) is 148 cm³/mol. The highest BCUT2D eigenvalue weighted by molar-refractivity contribution is 8.00. The number of ether oxygens (including phenoxy) is 2. The third kappa shape index (κ3) is 6.88. The van der Waals surface area contributed by atoms with Crippen molar-refractivity contribution < 1.29 is 28.3 Å². The van der Waals surface area contributed by atoms with Crippen LogP contribution in [0.1, 0.15) is 16.1 Å². The van der Waals surface area contributed by atoms with E-state index in [1.807, 2.05) is 6.07 Å². The Morgan fingerprint density at radius 2 is 1.64 bits per heavy atom. The van der Waals surface area contributed by atoms with Crippen molar-refractivity contribution in [2.24, 2.45) is 0 Å². The molecular weight excluding hydrogens is 518 g/mol. The van der Waals surface area contributed by atoms with Crippen LogP contribution in [0.25, 0.3) is 6.08 Å². The summed E-state index contributed by atoms with van der Waals surface area (Å²) in [4.78, 5) is 39.1. The number of benzene rings is 3. The van der Waals surface area contributed by atoms with E-state index in [9.17, 15) is 14.4 Å². The Morgan fingerprint density at radius 1 is 0.821 bits per heavy atom. The van der Waals surface area contributed by atoms with Crippen molar-refractivity contribution in [3.63, 3.8) is 0 Å². The van der Waals surface area contributed by atoms with Gasteiger partial charge in [0.1, 0.15) is 11.5 Å². The number of hydrogen-bond acceptors (Lipinski definition) is 7. The third-order valence-electron chi connectivity index (χ3n) is 5.48. The Kier molecular flexibility index (Phi) is 7.94. The van der Waals surface area contributed by atoms with Crippen LogP contribution < -0.4 is 25.4 Å². The van der Waals surface area contributed by atoms with Crippen LogP contribution in [-0.4, -0.2) is 30.3 Å². The van der Waals surface area contributed by atoms with Crippen molar-refractivity contribution in [3.05, 3.63) is 108 Å². The topological polar surface area (TPSA) is 119 Å². The van der Waals surface area contributed by atoms with Crippen LogP contribution in [0.4, 0.5) is 11.4 Å². The molecule has 0 saturated carbocycles. The maximum absolute atomic E-state index is 13.1. The van der Waals surface area contributed by atoms with Crippen LogP contribution in [0, 0.1) is 0 Å². The van der Waals surface area contributed by atoms with Gasteiger partial charge in [-0.3, -0.25) is 14.4 Å². The van der Waals surface area contributed by atoms with E-state index in [4.69, 9.17) is 13.9 Å². The highest BCUT2D eigenvalue weighted by Crippen LogP contribution is 2.34. The van der Waals surface area contributed by atoms with Gasteiger partial charge < -0.3 is 29.8 Å². The SMILES string of the molecule is O=C(CSc1cccc(NC(=O)/C(=C/c2ccco2)NC(=O)c2ccccc2)c1)Nc1ccc2c(c1)OCO2. The number of thioether (sulfide) groups is 1. The Bertz CT molecular complexity index is 1520. The number of nitrogens with one attached hydrogen (secondary N) is 3. The van der Waals surface area contributed by atoms with Crippen molar-refractivity contribution in [2.45, 2.75) is 4.90 Å². The largest absolute Gasteiger partial charge is 0.465 e. The fraction of sp³-hybridized carbons (Fsp3) is 0.0690. The first-order chi connectivity index (χ1) is 19.0. The fourth-order valence-electron chi connectivity index (χ4n) is 3.64. The Labute approximate surface area is 228 Å². The standard InChI is InChI=1S/C29H23N3O6S/c33-27(30-21-11-12-25-26(15-21)38-18-37-25)17-39-23-10-4-8-20(14-23)31-29(35)24(16-22-9-5-13-36-22)32-28(34)19-6-2-1-3-7-19/h1-16H,17-18H2,(H,30,33)(H,31,35)(H,32,34)/b24-16-. The molecule has 5 rings (SSSR count). The smallest absolute Gasteiger partial charge is 0.272 e. The predicted octanol–water partition coefficient (Wildman–Crippen LogP) is 5.15. The molecule has 0 saturated heterocycles. The summed E-state index contributed by atoms with van der Waals surface area (Å²) in [6.07, 6.45) is 2.93. The lowest BCUT2D eigenvalue weighted by Gasteiger charge is -2.12. The highest BCUT2D eigenvalue weighted by Gasteiger charge is 2.17. The minimum absolute atomic E-state index is 0.0139. The van der Waals surface area contributed by atoms with E-state index in [1.54, 1.807) is 78.9 Å². The fourth-order valence-corrected chi connectivity index (χ4v) is 4.40. The molecule has 0 atom stereocenters. The molecule has 1 aliphatic rings. The number of rotatable bonds is 9. The molecule has 0 aliphatic carbocycles. The van der Waals surface area contributed by atoms with Crippen molar-refractivity contribution in [1.82, 2.24) is 5.32 Å². The van der Waals surface area contributed by atoms with Gasteiger partial charge in [-0.05, 0) is 54.6 Å². The number of furan rings is 1.